The molecule has 0 spiro atoms. The topological polar surface area (TPSA) is 79.3 Å². The number of thiazole rings is 1. The Hall–Kier alpha value is -2.05. The third kappa shape index (κ3) is 6.56. The van der Waals surface area contributed by atoms with Crippen LogP contribution in [0.15, 0.2) is 30.3 Å². The van der Waals surface area contributed by atoms with Gasteiger partial charge in [-0.1, -0.05) is 44.2 Å². The molecule has 0 radical (unpaired) electrons. The number of nitrogens with zero attached hydrogens (tertiary/aromatic N) is 1. The van der Waals surface area contributed by atoms with E-state index >= 15 is 0 Å². The molecule has 5 nitrogen and oxygen atoms in total. The molecule has 1 aromatic carbocycles. The minimum atomic E-state index is -0.957. The molecule has 1 aromatic heterocycles. The molecule has 0 fully saturated rings. The van der Waals surface area contributed by atoms with Gasteiger partial charge < -0.3 is 5.11 Å². The van der Waals surface area contributed by atoms with Gasteiger partial charge in [0.25, 0.3) is 0 Å². The molecule has 0 bridgehead atoms. The van der Waals surface area contributed by atoms with E-state index in [2.05, 4.69) is 22.4 Å². The van der Waals surface area contributed by atoms with Gasteiger partial charge in [0.1, 0.15) is 11.8 Å². The van der Waals surface area contributed by atoms with Crippen molar-refractivity contribution < 1.29 is 14.7 Å². The first-order valence-corrected chi connectivity index (χ1v) is 10.1. The molecule has 0 aliphatic heterocycles. The maximum Gasteiger partial charge on any atom is 0.321 e. The van der Waals surface area contributed by atoms with Gasteiger partial charge in [0.2, 0.25) is 0 Å². The molecule has 0 aliphatic rings. The van der Waals surface area contributed by atoms with Crippen molar-refractivity contribution in [1.29, 1.82) is 0 Å². The van der Waals surface area contributed by atoms with E-state index in [1.807, 2.05) is 39.0 Å². The number of ketones is 1. The number of carboxylic acid groups (broad SMARTS) is 1. The number of aryl methyl sites for hydroxylation is 1. The van der Waals surface area contributed by atoms with Gasteiger partial charge in [-0.3, -0.25) is 14.9 Å². The lowest BCUT2D eigenvalue weighted by atomic mass is 9.98. The first kappa shape index (κ1) is 21.3. The van der Waals surface area contributed by atoms with Crippen LogP contribution in [-0.4, -0.2) is 33.9 Å². The fraction of sp³-hybridized carbons (Fsp3) is 0.476. The molecule has 2 aromatic rings. The number of hydrogen-bond acceptors (Lipinski definition) is 5. The number of Topliss-reactive ketones (excluding diaryl/α,β-unsaturated/α-hetero) is 1. The number of carbonyl (C=O) groups excluding carboxylic acids is 1. The van der Waals surface area contributed by atoms with Gasteiger partial charge in [-0.25, -0.2) is 4.98 Å². The molecule has 2 atom stereocenters. The van der Waals surface area contributed by atoms with Crippen molar-refractivity contribution in [2.24, 2.45) is 5.92 Å². The Morgan fingerprint density at radius 3 is 2.41 bits per heavy atom. The minimum Gasteiger partial charge on any atom is -0.480 e. The Balaban J connectivity index is 2.18. The number of hydrogen-bond donors (Lipinski definition) is 2. The maximum absolute atomic E-state index is 11.9. The third-order valence-corrected chi connectivity index (χ3v) is 5.40. The van der Waals surface area contributed by atoms with E-state index in [-0.39, 0.29) is 12.2 Å². The molecule has 27 heavy (non-hydrogen) atoms. The van der Waals surface area contributed by atoms with Crippen molar-refractivity contribution >= 4 is 23.1 Å². The molecule has 1 unspecified atom stereocenters. The summed E-state index contributed by atoms with van der Waals surface area (Å²) in [6.45, 7) is 7.49. The number of aromatic nitrogens is 1. The fourth-order valence-electron chi connectivity index (χ4n) is 3.07. The molecule has 1 heterocycles. The van der Waals surface area contributed by atoms with Crippen LogP contribution in [0.3, 0.4) is 0 Å². The first-order chi connectivity index (χ1) is 12.8. The molecule has 0 amide bonds. The van der Waals surface area contributed by atoms with Crippen LogP contribution in [-0.2, 0) is 22.4 Å². The summed E-state index contributed by atoms with van der Waals surface area (Å²) in [4.78, 5) is 29.4. The van der Waals surface area contributed by atoms with Crippen molar-refractivity contribution in [3.63, 3.8) is 0 Å². The van der Waals surface area contributed by atoms with Crippen LogP contribution >= 0.6 is 11.3 Å². The van der Waals surface area contributed by atoms with Gasteiger partial charge in [-0.2, -0.15) is 0 Å². The normalized spacial score (nSPS) is 13.5. The van der Waals surface area contributed by atoms with E-state index in [9.17, 15) is 14.7 Å². The van der Waals surface area contributed by atoms with E-state index in [1.54, 1.807) is 11.3 Å². The largest absolute Gasteiger partial charge is 0.480 e. The molecule has 0 saturated heterocycles. The molecule has 0 aliphatic carbocycles. The van der Waals surface area contributed by atoms with Crippen molar-refractivity contribution in [3.05, 3.63) is 51.5 Å². The van der Waals surface area contributed by atoms with E-state index in [1.165, 1.54) is 12.5 Å². The Bertz CT molecular complexity index is 771. The smallest absolute Gasteiger partial charge is 0.321 e. The monoisotopic (exact) mass is 388 g/mol. The van der Waals surface area contributed by atoms with Crippen LogP contribution in [0.2, 0.25) is 0 Å². The predicted molar refractivity (Wildman–Crippen MR) is 108 cm³/mol. The highest BCUT2D eigenvalue weighted by atomic mass is 32.1. The molecule has 146 valence electrons. The Labute approximate surface area is 164 Å². The minimum absolute atomic E-state index is 0.0334. The lowest BCUT2D eigenvalue weighted by Gasteiger charge is -2.22. The second-order valence-corrected chi connectivity index (χ2v) is 8.61. The van der Waals surface area contributed by atoms with Crippen LogP contribution in [0.4, 0.5) is 0 Å². The molecular weight excluding hydrogens is 360 g/mol. The van der Waals surface area contributed by atoms with E-state index in [0.29, 0.717) is 12.3 Å². The van der Waals surface area contributed by atoms with Gasteiger partial charge in [0, 0.05) is 17.7 Å². The van der Waals surface area contributed by atoms with Crippen LogP contribution in [0.1, 0.15) is 48.3 Å². The maximum atomic E-state index is 11.9. The van der Waals surface area contributed by atoms with Crippen LogP contribution in [0.25, 0.3) is 0 Å². The number of benzene rings is 1. The first-order valence-electron chi connectivity index (χ1n) is 9.24. The number of nitrogens with one attached hydrogen (secondary N) is 1. The highest BCUT2D eigenvalue weighted by molar-refractivity contribution is 7.11. The Kier molecular flexibility index (Phi) is 7.68. The lowest BCUT2D eigenvalue weighted by Crippen LogP contribution is -2.48. The number of rotatable bonds is 10. The average molecular weight is 389 g/mol. The zero-order chi connectivity index (χ0) is 20.0. The van der Waals surface area contributed by atoms with Gasteiger partial charge in [-0.15, -0.1) is 11.3 Å². The number of carbonyl (C=O) groups is 2. The van der Waals surface area contributed by atoms with Gasteiger partial charge >= 0.3 is 5.97 Å². The summed E-state index contributed by atoms with van der Waals surface area (Å²) in [5, 5.41) is 13.7. The highest BCUT2D eigenvalue weighted by Crippen LogP contribution is 2.23. The third-order valence-electron chi connectivity index (χ3n) is 4.39. The molecular formula is C21H28N2O3S. The lowest BCUT2D eigenvalue weighted by molar-refractivity contribution is -0.139. The van der Waals surface area contributed by atoms with E-state index < -0.39 is 18.1 Å². The molecule has 2 N–H and O–H groups in total. The van der Waals surface area contributed by atoms with E-state index in [4.69, 9.17) is 0 Å². The number of aliphatic carboxylic acids is 1. The highest BCUT2D eigenvalue weighted by Gasteiger charge is 2.27. The second kappa shape index (κ2) is 9.76. The fourth-order valence-corrected chi connectivity index (χ4v) is 4.07. The summed E-state index contributed by atoms with van der Waals surface area (Å²) < 4.78 is 0. The van der Waals surface area contributed by atoms with Crippen LogP contribution in [0, 0.1) is 12.8 Å². The van der Waals surface area contributed by atoms with Gasteiger partial charge in [0.15, 0.2) is 0 Å². The van der Waals surface area contributed by atoms with E-state index in [0.717, 1.165) is 22.0 Å². The van der Waals surface area contributed by atoms with Gasteiger partial charge in [0.05, 0.1) is 16.7 Å². The average Bonchev–Trinajstić information content (AvgIpc) is 2.92. The quantitative estimate of drug-likeness (QED) is 0.650. The second-order valence-electron chi connectivity index (χ2n) is 7.32. The summed E-state index contributed by atoms with van der Waals surface area (Å²) in [7, 11) is 0. The molecule has 6 heteroatoms. The SMILES string of the molecule is CC(=O)C(CC(C)C)N[C@@H](Cc1nc(C)sc1Cc1ccccc1)C(=O)O. The molecule has 2 rings (SSSR count). The molecule has 0 saturated carbocycles. The summed E-state index contributed by atoms with van der Waals surface area (Å²) in [5.74, 6) is -0.689. The Morgan fingerprint density at radius 1 is 1.19 bits per heavy atom. The van der Waals surface area contributed by atoms with Gasteiger partial charge in [-0.05, 0) is 31.7 Å². The van der Waals surface area contributed by atoms with Crippen molar-refractivity contribution in [2.75, 3.05) is 0 Å². The van der Waals surface area contributed by atoms with Crippen molar-refractivity contribution in [2.45, 2.75) is 59.0 Å². The number of carboxylic acids is 1. The van der Waals surface area contributed by atoms with Crippen molar-refractivity contribution in [3.8, 4) is 0 Å². The summed E-state index contributed by atoms with van der Waals surface area (Å²) in [6, 6.07) is 8.78. The Morgan fingerprint density at radius 2 is 1.85 bits per heavy atom. The standard InChI is InChI=1S/C21H28N2O3S/c1-13(2)10-17(14(3)24)23-19(21(25)26)12-18-20(27-15(4)22-18)11-16-8-6-5-7-9-16/h5-9,13,17,19,23H,10-12H2,1-4H3,(H,25,26)/t17?,19-/m0/s1. The van der Waals surface area contributed by atoms with Crippen molar-refractivity contribution in [1.82, 2.24) is 10.3 Å². The summed E-state index contributed by atoms with van der Waals surface area (Å²) >= 11 is 1.60. The summed E-state index contributed by atoms with van der Waals surface area (Å²) in [5.41, 5.74) is 1.97. The predicted octanol–water partition coefficient (Wildman–Crippen LogP) is 3.63. The van der Waals surface area contributed by atoms with Crippen LogP contribution in [0.5, 0.6) is 0 Å². The van der Waals surface area contributed by atoms with Crippen LogP contribution < -0.4 is 5.32 Å². The zero-order valence-corrected chi connectivity index (χ0v) is 17.2. The summed E-state index contributed by atoms with van der Waals surface area (Å²) in [6.07, 6.45) is 1.62. The zero-order valence-electron chi connectivity index (χ0n) is 16.4.